The van der Waals surface area contributed by atoms with Crippen LogP contribution in [0.4, 0.5) is 29.3 Å². The van der Waals surface area contributed by atoms with Crippen molar-refractivity contribution in [3.05, 3.63) is 76.0 Å². The number of halogens is 5. The van der Waals surface area contributed by atoms with Crippen LogP contribution < -0.4 is 20.7 Å². The summed E-state index contributed by atoms with van der Waals surface area (Å²) in [6, 6.07) is 8.83. The van der Waals surface area contributed by atoms with E-state index < -0.39 is 35.7 Å². The molecule has 7 nitrogen and oxygen atoms in total. The molecule has 0 aliphatic heterocycles. The average Bonchev–Trinajstić information content (AvgIpc) is 2.75. The highest BCUT2D eigenvalue weighted by Crippen LogP contribution is 2.36. The monoisotopic (exact) mass is 501 g/mol. The van der Waals surface area contributed by atoms with Crippen molar-refractivity contribution in [3.63, 3.8) is 0 Å². The molecule has 0 spiro atoms. The number of amides is 3. The molecule has 12 heteroatoms. The van der Waals surface area contributed by atoms with E-state index in [1.54, 1.807) is 5.32 Å². The first kappa shape index (κ1) is 20.1. The number of nitrogens with one attached hydrogen (secondary N) is 3. The van der Waals surface area contributed by atoms with Crippen LogP contribution in [0.5, 0.6) is 11.5 Å². The molecular weight excluding hydrogens is 484 g/mol. The van der Waals surface area contributed by atoms with Gasteiger partial charge < -0.3 is 20.7 Å². The zero-order chi connectivity index (χ0) is 26.7. The van der Waals surface area contributed by atoms with E-state index in [4.69, 9.17) is 32.1 Å². The Morgan fingerprint density at radius 1 is 1.00 bits per heavy atom. The van der Waals surface area contributed by atoms with E-state index in [0.717, 1.165) is 6.07 Å². The summed E-state index contributed by atoms with van der Waals surface area (Å²) in [5, 5.41) is 5.99. The number of carbonyl (C=O) groups excluding carboxylic acids is 2. The lowest BCUT2D eigenvalue weighted by molar-refractivity contribution is -0.137. The van der Waals surface area contributed by atoms with Crippen molar-refractivity contribution in [1.29, 1.82) is 0 Å². The third kappa shape index (κ3) is 6.27. The number of pyridine rings is 1. The molecule has 0 bridgehead atoms. The van der Waals surface area contributed by atoms with Crippen molar-refractivity contribution in [1.82, 2.24) is 10.3 Å². The molecule has 3 N–H and O–H groups in total. The SMILES string of the molecule is [2H]C([2H])([2H])NC(=O)c1cc(Oc2ccc(NC(=O)Nc3ccc(Cl)c(C(F)(F)F)c3)c(Cl)c2)ccn1. The number of anilines is 2. The van der Waals surface area contributed by atoms with Crippen LogP contribution in [0.15, 0.2) is 54.7 Å². The van der Waals surface area contributed by atoms with Gasteiger partial charge in [0.15, 0.2) is 0 Å². The highest BCUT2D eigenvalue weighted by atomic mass is 35.5. The van der Waals surface area contributed by atoms with Gasteiger partial charge in [-0.1, -0.05) is 23.2 Å². The summed E-state index contributed by atoms with van der Waals surface area (Å²) in [4.78, 5) is 28.0. The maximum atomic E-state index is 13.0. The summed E-state index contributed by atoms with van der Waals surface area (Å²) in [6.07, 6.45) is -3.45. The number of urea groups is 1. The lowest BCUT2D eigenvalue weighted by Crippen LogP contribution is -2.20. The second kappa shape index (κ2) is 9.97. The Labute approximate surface area is 200 Å². The van der Waals surface area contributed by atoms with E-state index in [1.165, 1.54) is 42.6 Å². The summed E-state index contributed by atoms with van der Waals surface area (Å²) >= 11 is 11.7. The zero-order valence-corrected chi connectivity index (χ0v) is 17.8. The summed E-state index contributed by atoms with van der Waals surface area (Å²) < 4.78 is 65.9. The first-order valence-electron chi connectivity index (χ1n) is 10.4. The second-order valence-electron chi connectivity index (χ2n) is 6.35. The van der Waals surface area contributed by atoms with Crippen molar-refractivity contribution >= 4 is 46.5 Å². The van der Waals surface area contributed by atoms with Crippen LogP contribution in [0.1, 0.15) is 20.2 Å². The van der Waals surface area contributed by atoms with Gasteiger partial charge in [0.1, 0.15) is 17.2 Å². The smallest absolute Gasteiger partial charge is 0.417 e. The molecule has 3 aromatic rings. The predicted octanol–water partition coefficient (Wildman–Crippen LogP) is 6.20. The summed E-state index contributed by atoms with van der Waals surface area (Å²) in [6.45, 7) is -2.69. The number of hydrogen-bond donors (Lipinski definition) is 3. The van der Waals surface area contributed by atoms with Crippen LogP contribution in [0.25, 0.3) is 0 Å². The molecular formula is C21H15Cl2F3N4O3. The van der Waals surface area contributed by atoms with Crippen molar-refractivity contribution in [3.8, 4) is 11.5 Å². The lowest BCUT2D eigenvalue weighted by Gasteiger charge is -2.13. The van der Waals surface area contributed by atoms with Crippen LogP contribution in [0.2, 0.25) is 10.0 Å². The lowest BCUT2D eigenvalue weighted by atomic mass is 10.2. The number of nitrogens with zero attached hydrogens (tertiary/aromatic N) is 1. The van der Waals surface area contributed by atoms with Crippen LogP contribution in [0, 0.1) is 0 Å². The highest BCUT2D eigenvalue weighted by Gasteiger charge is 2.33. The van der Waals surface area contributed by atoms with Gasteiger partial charge in [-0.15, -0.1) is 0 Å². The summed E-state index contributed by atoms with van der Waals surface area (Å²) in [5.41, 5.74) is -1.31. The number of carbonyl (C=O) groups is 2. The Hall–Kier alpha value is -3.50. The number of rotatable bonds is 5. The minimum absolute atomic E-state index is 0.0316. The molecule has 172 valence electrons. The van der Waals surface area contributed by atoms with Gasteiger partial charge in [-0.3, -0.25) is 9.78 Å². The number of hydrogen-bond acceptors (Lipinski definition) is 4. The molecule has 0 radical (unpaired) electrons. The molecule has 0 atom stereocenters. The predicted molar refractivity (Wildman–Crippen MR) is 118 cm³/mol. The third-order valence-corrected chi connectivity index (χ3v) is 4.67. The van der Waals surface area contributed by atoms with Gasteiger partial charge in [0.05, 0.1) is 21.3 Å². The number of benzene rings is 2. The van der Waals surface area contributed by atoms with E-state index in [1.807, 2.05) is 0 Å². The number of aromatic nitrogens is 1. The number of alkyl halides is 3. The molecule has 33 heavy (non-hydrogen) atoms. The molecule has 3 rings (SSSR count). The molecule has 0 unspecified atom stereocenters. The van der Waals surface area contributed by atoms with Gasteiger partial charge >= 0.3 is 12.2 Å². The minimum atomic E-state index is -4.70. The van der Waals surface area contributed by atoms with E-state index in [0.29, 0.717) is 6.07 Å². The molecule has 1 aromatic heterocycles. The molecule has 3 amide bonds. The Kier molecular flexibility index (Phi) is 6.08. The van der Waals surface area contributed by atoms with Gasteiger partial charge in [0, 0.05) is 35.1 Å². The fourth-order valence-corrected chi connectivity index (χ4v) is 3.01. The minimum Gasteiger partial charge on any atom is -0.457 e. The Balaban J connectivity index is 1.67. The first-order valence-corrected chi connectivity index (χ1v) is 9.67. The average molecular weight is 502 g/mol. The molecule has 2 aromatic carbocycles. The van der Waals surface area contributed by atoms with Crippen LogP contribution in [-0.2, 0) is 6.18 Å². The third-order valence-electron chi connectivity index (χ3n) is 4.03. The zero-order valence-electron chi connectivity index (χ0n) is 19.3. The van der Waals surface area contributed by atoms with E-state index in [9.17, 15) is 22.8 Å². The first-order chi connectivity index (χ1) is 16.7. The molecule has 0 aliphatic carbocycles. The van der Waals surface area contributed by atoms with E-state index >= 15 is 0 Å². The Morgan fingerprint density at radius 3 is 2.45 bits per heavy atom. The van der Waals surface area contributed by atoms with Gasteiger partial charge in [-0.05, 0) is 36.4 Å². The molecule has 0 aliphatic rings. The molecule has 0 saturated heterocycles. The van der Waals surface area contributed by atoms with Crippen LogP contribution in [0.3, 0.4) is 0 Å². The summed E-state index contributed by atoms with van der Waals surface area (Å²) in [5.74, 6) is -0.572. The standard InChI is InChI=1S/C21H15Cl2F3N4O3/c1-27-19(31)18-10-13(6-7-28-18)33-12-3-5-17(16(23)9-12)30-20(32)29-11-2-4-15(22)14(8-11)21(24,25)26/h2-10H,1H3,(H,27,31)(H2,29,30,32)/i1D3. The summed E-state index contributed by atoms with van der Waals surface area (Å²) in [7, 11) is 0. The maximum absolute atomic E-state index is 13.0. The van der Waals surface area contributed by atoms with Gasteiger partial charge in [-0.2, -0.15) is 13.2 Å². The Morgan fingerprint density at radius 2 is 1.76 bits per heavy atom. The normalized spacial score (nSPS) is 12.7. The van der Waals surface area contributed by atoms with Crippen molar-refractivity contribution < 1.29 is 31.6 Å². The van der Waals surface area contributed by atoms with E-state index in [2.05, 4.69) is 15.6 Å². The number of ether oxygens (including phenoxy) is 1. The van der Waals surface area contributed by atoms with Gasteiger partial charge in [0.2, 0.25) is 0 Å². The molecule has 1 heterocycles. The topological polar surface area (TPSA) is 92.4 Å². The van der Waals surface area contributed by atoms with Crippen LogP contribution >= 0.6 is 23.2 Å². The fourth-order valence-electron chi connectivity index (χ4n) is 2.56. The van der Waals surface area contributed by atoms with Crippen molar-refractivity contribution in [2.24, 2.45) is 0 Å². The quantitative estimate of drug-likeness (QED) is 0.387. The fraction of sp³-hybridized carbons (Fsp3) is 0.0952. The molecule has 0 fully saturated rings. The van der Waals surface area contributed by atoms with Crippen molar-refractivity contribution in [2.45, 2.75) is 6.18 Å². The van der Waals surface area contributed by atoms with Crippen LogP contribution in [-0.4, -0.2) is 23.9 Å². The van der Waals surface area contributed by atoms with Gasteiger partial charge in [-0.25, -0.2) is 4.79 Å². The Bertz CT molecular complexity index is 1310. The second-order valence-corrected chi connectivity index (χ2v) is 7.16. The van der Waals surface area contributed by atoms with Gasteiger partial charge in [0.25, 0.3) is 5.91 Å². The largest absolute Gasteiger partial charge is 0.457 e. The van der Waals surface area contributed by atoms with E-state index in [-0.39, 0.29) is 33.6 Å². The van der Waals surface area contributed by atoms with Crippen molar-refractivity contribution in [2.75, 3.05) is 17.6 Å². The maximum Gasteiger partial charge on any atom is 0.417 e. The highest BCUT2D eigenvalue weighted by molar-refractivity contribution is 6.34. The molecule has 0 saturated carbocycles.